The molecule has 2 aliphatic rings. The van der Waals surface area contributed by atoms with Crippen LogP contribution in [0.15, 0.2) is 22.9 Å². The number of aromatic nitrogens is 1. The molecule has 2 aliphatic heterocycles. The van der Waals surface area contributed by atoms with Crippen molar-refractivity contribution in [2.24, 2.45) is 5.92 Å². The number of thioether (sulfide) groups is 1. The lowest BCUT2D eigenvalue weighted by molar-refractivity contribution is -0.160. The van der Waals surface area contributed by atoms with Crippen LogP contribution in [-0.4, -0.2) is 63.0 Å². The van der Waals surface area contributed by atoms with E-state index in [0.717, 1.165) is 28.2 Å². The van der Waals surface area contributed by atoms with Gasteiger partial charge in [0.05, 0.1) is 18.1 Å². The van der Waals surface area contributed by atoms with Crippen molar-refractivity contribution in [3.05, 3.63) is 22.9 Å². The van der Waals surface area contributed by atoms with Gasteiger partial charge in [0.25, 0.3) is 0 Å². The zero-order chi connectivity index (χ0) is 21.3. The van der Waals surface area contributed by atoms with Gasteiger partial charge in [0.2, 0.25) is 11.8 Å². The van der Waals surface area contributed by atoms with Crippen LogP contribution in [0, 0.1) is 5.92 Å². The smallest absolute Gasteiger partial charge is 0.397 e. The fourth-order valence-electron chi connectivity index (χ4n) is 3.34. The number of nitrogens with zero attached hydrogens (tertiary/aromatic N) is 2. The molecule has 0 saturated carbocycles. The third kappa shape index (κ3) is 4.78. The molecule has 0 spiro atoms. The maximum absolute atomic E-state index is 12.4. The SMILES string of the molecule is C[C@H](OS(=O)(=O)O)[C@@H]1C(=O)N2C(C(=O)O)=C(SCCC(=O)Nc3ccns3)C[C@H]12. The number of rotatable bonds is 9. The summed E-state index contributed by atoms with van der Waals surface area (Å²) in [6.07, 6.45) is 0.757. The Morgan fingerprint density at radius 1 is 1.52 bits per heavy atom. The number of amides is 2. The molecule has 1 aromatic heterocycles. The highest BCUT2D eigenvalue weighted by molar-refractivity contribution is 8.03. The average molecular weight is 464 g/mol. The number of fused-ring (bicyclic) bond motifs is 1. The Morgan fingerprint density at radius 2 is 2.24 bits per heavy atom. The van der Waals surface area contributed by atoms with Crippen LogP contribution in [0.3, 0.4) is 0 Å². The maximum Gasteiger partial charge on any atom is 0.397 e. The summed E-state index contributed by atoms with van der Waals surface area (Å²) in [4.78, 5) is 37.5. The van der Waals surface area contributed by atoms with Gasteiger partial charge in [-0.3, -0.25) is 14.1 Å². The van der Waals surface area contributed by atoms with Gasteiger partial charge in [-0.2, -0.15) is 12.8 Å². The third-order valence-corrected chi connectivity index (χ3v) is 6.78. The van der Waals surface area contributed by atoms with Crippen LogP contribution in [0.4, 0.5) is 5.00 Å². The summed E-state index contributed by atoms with van der Waals surface area (Å²) in [5.74, 6) is -2.70. The fraction of sp³-hybridized carbons (Fsp3) is 0.467. The van der Waals surface area contributed by atoms with E-state index in [4.69, 9.17) is 4.55 Å². The minimum Gasteiger partial charge on any atom is -0.477 e. The quantitative estimate of drug-likeness (QED) is 0.355. The van der Waals surface area contributed by atoms with Gasteiger partial charge in [-0.05, 0) is 24.5 Å². The molecular formula is C15H17N3O8S3. The van der Waals surface area contributed by atoms with Crippen molar-refractivity contribution < 1.29 is 36.6 Å². The van der Waals surface area contributed by atoms with Gasteiger partial charge in [0.1, 0.15) is 10.7 Å². The van der Waals surface area contributed by atoms with E-state index in [2.05, 4.69) is 13.9 Å². The van der Waals surface area contributed by atoms with Crippen molar-refractivity contribution in [2.45, 2.75) is 31.9 Å². The lowest BCUT2D eigenvalue weighted by Gasteiger charge is -2.45. The molecule has 3 N–H and O–H groups in total. The number of hydrogen-bond donors (Lipinski definition) is 3. The monoisotopic (exact) mass is 463 g/mol. The summed E-state index contributed by atoms with van der Waals surface area (Å²) in [5.41, 5.74) is -0.164. The molecule has 14 heteroatoms. The summed E-state index contributed by atoms with van der Waals surface area (Å²) >= 11 is 2.30. The molecule has 0 bridgehead atoms. The van der Waals surface area contributed by atoms with Crippen LogP contribution < -0.4 is 5.32 Å². The molecule has 3 rings (SSSR count). The fourth-order valence-corrected chi connectivity index (χ4v) is 5.51. The number of carboxylic acid groups (broad SMARTS) is 1. The van der Waals surface area contributed by atoms with Gasteiger partial charge in [0, 0.05) is 29.7 Å². The van der Waals surface area contributed by atoms with Crippen LogP contribution in [0.5, 0.6) is 0 Å². The number of carboxylic acids is 1. The summed E-state index contributed by atoms with van der Waals surface area (Å²) in [5, 5.41) is 12.8. The molecule has 3 heterocycles. The highest BCUT2D eigenvalue weighted by Crippen LogP contribution is 2.47. The van der Waals surface area contributed by atoms with E-state index in [-0.39, 0.29) is 24.4 Å². The minimum atomic E-state index is -4.74. The molecular weight excluding hydrogens is 446 g/mol. The van der Waals surface area contributed by atoms with Crippen molar-refractivity contribution in [3.63, 3.8) is 0 Å². The first-order valence-corrected chi connectivity index (χ1v) is 11.5. The number of carbonyl (C=O) groups is 3. The lowest BCUT2D eigenvalue weighted by atomic mass is 9.83. The number of anilines is 1. The Labute approximate surface area is 174 Å². The van der Waals surface area contributed by atoms with Crippen LogP contribution in [-0.2, 0) is 29.0 Å². The van der Waals surface area contributed by atoms with E-state index in [9.17, 15) is 27.9 Å². The van der Waals surface area contributed by atoms with Gasteiger partial charge < -0.3 is 15.3 Å². The van der Waals surface area contributed by atoms with Crippen molar-refractivity contribution in [2.75, 3.05) is 11.1 Å². The number of aliphatic carboxylic acids is 1. The van der Waals surface area contributed by atoms with Crippen LogP contribution in [0.25, 0.3) is 0 Å². The largest absolute Gasteiger partial charge is 0.477 e. The third-order valence-electron chi connectivity index (χ3n) is 4.46. The molecule has 0 aliphatic carbocycles. The molecule has 1 aromatic rings. The molecule has 0 unspecified atom stereocenters. The molecule has 158 valence electrons. The van der Waals surface area contributed by atoms with Gasteiger partial charge in [-0.15, -0.1) is 11.8 Å². The van der Waals surface area contributed by atoms with Gasteiger partial charge in [-0.25, -0.2) is 8.98 Å². The molecule has 3 atom stereocenters. The van der Waals surface area contributed by atoms with Gasteiger partial charge >= 0.3 is 16.4 Å². The zero-order valence-corrected chi connectivity index (χ0v) is 17.4. The van der Waals surface area contributed by atoms with E-state index < -0.39 is 40.3 Å². The first-order chi connectivity index (χ1) is 13.6. The minimum absolute atomic E-state index is 0.128. The second kappa shape index (κ2) is 8.39. The lowest BCUT2D eigenvalue weighted by Crippen LogP contribution is -2.62. The Balaban J connectivity index is 1.61. The van der Waals surface area contributed by atoms with Crippen LogP contribution in [0.1, 0.15) is 19.8 Å². The highest BCUT2D eigenvalue weighted by atomic mass is 32.3. The number of carbonyl (C=O) groups excluding carboxylic acids is 2. The van der Waals surface area contributed by atoms with Crippen molar-refractivity contribution in [3.8, 4) is 0 Å². The van der Waals surface area contributed by atoms with Gasteiger partial charge in [-0.1, -0.05) is 0 Å². The van der Waals surface area contributed by atoms with Crippen molar-refractivity contribution >= 4 is 56.5 Å². The summed E-state index contributed by atoms with van der Waals surface area (Å²) in [6, 6.07) is 1.09. The van der Waals surface area contributed by atoms with E-state index in [1.807, 2.05) is 0 Å². The number of hydrogen-bond acceptors (Lipinski definition) is 9. The molecule has 1 fully saturated rings. The predicted molar refractivity (Wildman–Crippen MR) is 103 cm³/mol. The van der Waals surface area contributed by atoms with E-state index in [0.29, 0.717) is 15.7 Å². The Kier molecular flexibility index (Phi) is 6.28. The second-order valence-corrected chi connectivity index (χ2v) is 9.41. The van der Waals surface area contributed by atoms with E-state index in [1.165, 1.54) is 6.92 Å². The topological polar surface area (TPSA) is 163 Å². The molecule has 0 radical (unpaired) electrons. The first kappa shape index (κ1) is 21.7. The van der Waals surface area contributed by atoms with Crippen LogP contribution >= 0.6 is 23.3 Å². The summed E-state index contributed by atoms with van der Waals surface area (Å²) in [6.45, 7) is 1.32. The summed E-state index contributed by atoms with van der Waals surface area (Å²) in [7, 11) is -4.74. The van der Waals surface area contributed by atoms with Crippen molar-refractivity contribution in [1.29, 1.82) is 0 Å². The Bertz CT molecular complexity index is 959. The van der Waals surface area contributed by atoms with E-state index >= 15 is 0 Å². The average Bonchev–Trinajstić information content (AvgIpc) is 3.19. The van der Waals surface area contributed by atoms with Gasteiger partial charge in [0.15, 0.2) is 0 Å². The zero-order valence-electron chi connectivity index (χ0n) is 15.0. The number of β-lactam (4-membered cyclic amide) rings is 1. The molecule has 0 aromatic carbocycles. The van der Waals surface area contributed by atoms with E-state index in [1.54, 1.807) is 12.3 Å². The predicted octanol–water partition coefficient (Wildman–Crippen LogP) is 0.940. The normalized spacial score (nSPS) is 22.3. The molecule has 11 nitrogen and oxygen atoms in total. The molecule has 1 saturated heterocycles. The van der Waals surface area contributed by atoms with Crippen molar-refractivity contribution in [1.82, 2.24) is 9.27 Å². The molecule has 29 heavy (non-hydrogen) atoms. The number of nitrogens with one attached hydrogen (secondary N) is 1. The first-order valence-electron chi connectivity index (χ1n) is 8.37. The second-order valence-electron chi connectivity index (χ2n) is 6.33. The van der Waals surface area contributed by atoms with Crippen LogP contribution in [0.2, 0.25) is 0 Å². The Morgan fingerprint density at radius 3 is 2.83 bits per heavy atom. The highest BCUT2D eigenvalue weighted by Gasteiger charge is 2.57. The Hall–Kier alpha value is -2.00. The maximum atomic E-state index is 12.4. The summed E-state index contributed by atoms with van der Waals surface area (Å²) < 4.78 is 38.9. The molecule has 2 amide bonds. The standard InChI is InChI=1S/C15H17N3O8S3/c1-7(26-29(23,24)25)12-8-6-9(13(15(21)22)18(8)14(12)20)27-5-3-10(19)17-11-2-4-16-28-11/h2,4,7-8,12H,3,5-6H2,1H3,(H,17,19)(H,21,22)(H,23,24,25)/t7-,8+,12-/m0/s1.